The number of aryl methyl sites for hydroxylation is 1. The lowest BCUT2D eigenvalue weighted by atomic mass is 10.1. The van der Waals surface area contributed by atoms with E-state index in [-0.39, 0.29) is 11.3 Å². The molecule has 0 aliphatic carbocycles. The van der Waals surface area contributed by atoms with E-state index < -0.39 is 11.9 Å². The van der Waals surface area contributed by atoms with Gasteiger partial charge in [0.2, 0.25) is 0 Å². The van der Waals surface area contributed by atoms with Crippen molar-refractivity contribution in [2.24, 2.45) is 0 Å². The number of halogens is 1. The van der Waals surface area contributed by atoms with Gasteiger partial charge in [0.1, 0.15) is 5.76 Å². The van der Waals surface area contributed by atoms with Crippen LogP contribution < -0.4 is 5.32 Å². The van der Waals surface area contributed by atoms with Gasteiger partial charge in [-0.1, -0.05) is 29.8 Å². The number of carboxylic acid groups (broad SMARTS) is 1. The molecule has 6 heteroatoms. The molecule has 0 saturated carbocycles. The topological polar surface area (TPSA) is 79.5 Å². The summed E-state index contributed by atoms with van der Waals surface area (Å²) in [6, 6.07) is 14.7. The SMILES string of the molecule is Cc1ccc(-c2ccc(C(=O)Nc3cccc(C(=O)O)c3)o2)cc1Cl. The number of anilines is 1. The van der Waals surface area contributed by atoms with E-state index in [0.717, 1.165) is 11.1 Å². The molecule has 0 fully saturated rings. The first-order chi connectivity index (χ1) is 11.9. The van der Waals surface area contributed by atoms with Crippen molar-refractivity contribution in [3.8, 4) is 11.3 Å². The van der Waals surface area contributed by atoms with Crippen LogP contribution in [0.1, 0.15) is 26.5 Å². The molecule has 0 unspecified atom stereocenters. The highest BCUT2D eigenvalue weighted by molar-refractivity contribution is 6.31. The van der Waals surface area contributed by atoms with Gasteiger partial charge in [0, 0.05) is 16.3 Å². The highest BCUT2D eigenvalue weighted by atomic mass is 35.5. The minimum Gasteiger partial charge on any atom is -0.478 e. The Morgan fingerprint density at radius 1 is 1.08 bits per heavy atom. The van der Waals surface area contributed by atoms with Crippen LogP contribution in [-0.2, 0) is 0 Å². The Balaban J connectivity index is 1.80. The van der Waals surface area contributed by atoms with E-state index in [1.807, 2.05) is 19.1 Å². The molecular weight excluding hydrogens is 342 g/mol. The Morgan fingerprint density at radius 3 is 2.60 bits per heavy atom. The smallest absolute Gasteiger partial charge is 0.335 e. The first-order valence-corrected chi connectivity index (χ1v) is 7.83. The van der Waals surface area contributed by atoms with Gasteiger partial charge in [-0.3, -0.25) is 4.79 Å². The van der Waals surface area contributed by atoms with Gasteiger partial charge in [-0.25, -0.2) is 4.79 Å². The molecule has 1 amide bonds. The standard InChI is InChI=1S/C19H14ClNO4/c1-11-5-6-12(10-15(11)20)16-7-8-17(25-16)18(22)21-14-4-2-3-13(9-14)19(23)24/h2-10H,1H3,(H,21,22)(H,23,24). The van der Waals surface area contributed by atoms with Crippen molar-refractivity contribution in [3.63, 3.8) is 0 Å². The Labute approximate surface area is 148 Å². The second-order valence-corrected chi connectivity index (χ2v) is 5.88. The summed E-state index contributed by atoms with van der Waals surface area (Å²) in [4.78, 5) is 23.3. The number of nitrogens with one attached hydrogen (secondary N) is 1. The predicted molar refractivity (Wildman–Crippen MR) is 95.2 cm³/mol. The summed E-state index contributed by atoms with van der Waals surface area (Å²) in [5.74, 6) is -0.890. The Morgan fingerprint density at radius 2 is 1.88 bits per heavy atom. The van der Waals surface area contributed by atoms with Gasteiger partial charge in [-0.05, 0) is 48.9 Å². The summed E-state index contributed by atoms with van der Waals surface area (Å²) in [6.07, 6.45) is 0. The molecule has 0 saturated heterocycles. The third-order valence-electron chi connectivity index (χ3n) is 3.65. The minimum absolute atomic E-state index is 0.0900. The fourth-order valence-corrected chi connectivity index (χ4v) is 2.46. The van der Waals surface area contributed by atoms with Gasteiger partial charge in [-0.2, -0.15) is 0 Å². The average molecular weight is 356 g/mol. The lowest BCUT2D eigenvalue weighted by molar-refractivity contribution is 0.0696. The van der Waals surface area contributed by atoms with Gasteiger partial charge < -0.3 is 14.8 Å². The number of carboxylic acids is 1. The van der Waals surface area contributed by atoms with Gasteiger partial charge in [0.25, 0.3) is 5.91 Å². The van der Waals surface area contributed by atoms with Crippen LogP contribution in [0.2, 0.25) is 5.02 Å². The molecule has 0 aliphatic rings. The third kappa shape index (κ3) is 3.72. The summed E-state index contributed by atoms with van der Waals surface area (Å²) in [5, 5.41) is 12.2. The van der Waals surface area contributed by atoms with Crippen LogP contribution in [0, 0.1) is 6.92 Å². The molecular formula is C19H14ClNO4. The molecule has 0 spiro atoms. The fraction of sp³-hybridized carbons (Fsp3) is 0.0526. The summed E-state index contributed by atoms with van der Waals surface area (Å²) in [5.41, 5.74) is 2.18. The maximum atomic E-state index is 12.3. The number of aromatic carboxylic acids is 1. The summed E-state index contributed by atoms with van der Waals surface area (Å²) in [7, 11) is 0. The van der Waals surface area contributed by atoms with Crippen molar-refractivity contribution in [2.75, 3.05) is 5.32 Å². The van der Waals surface area contributed by atoms with E-state index in [4.69, 9.17) is 21.1 Å². The molecule has 126 valence electrons. The van der Waals surface area contributed by atoms with Gasteiger partial charge in [0.15, 0.2) is 5.76 Å². The largest absolute Gasteiger partial charge is 0.478 e. The zero-order valence-electron chi connectivity index (χ0n) is 13.2. The first kappa shape index (κ1) is 16.8. The number of amides is 1. The second kappa shape index (κ2) is 6.83. The van der Waals surface area contributed by atoms with Crippen LogP contribution in [-0.4, -0.2) is 17.0 Å². The Bertz CT molecular complexity index is 962. The molecule has 3 aromatic rings. The van der Waals surface area contributed by atoms with Crippen LogP contribution in [0.3, 0.4) is 0 Å². The molecule has 0 radical (unpaired) electrons. The zero-order chi connectivity index (χ0) is 18.0. The minimum atomic E-state index is -1.06. The molecule has 2 N–H and O–H groups in total. The second-order valence-electron chi connectivity index (χ2n) is 5.47. The van der Waals surface area contributed by atoms with Crippen LogP contribution in [0.5, 0.6) is 0 Å². The molecule has 1 heterocycles. The van der Waals surface area contributed by atoms with Crippen molar-refractivity contribution in [2.45, 2.75) is 6.92 Å². The van der Waals surface area contributed by atoms with Crippen molar-refractivity contribution in [3.05, 3.63) is 76.5 Å². The van der Waals surface area contributed by atoms with Crippen LogP contribution >= 0.6 is 11.6 Å². The Hall–Kier alpha value is -3.05. The normalized spacial score (nSPS) is 10.5. The summed E-state index contributed by atoms with van der Waals surface area (Å²) < 4.78 is 5.59. The van der Waals surface area contributed by atoms with Crippen molar-refractivity contribution in [1.29, 1.82) is 0 Å². The molecule has 0 atom stereocenters. The van der Waals surface area contributed by atoms with Gasteiger partial charge in [0.05, 0.1) is 5.56 Å². The number of rotatable bonds is 4. The van der Waals surface area contributed by atoms with Crippen LogP contribution in [0.15, 0.2) is 59.0 Å². The van der Waals surface area contributed by atoms with Gasteiger partial charge in [-0.15, -0.1) is 0 Å². The van der Waals surface area contributed by atoms with Crippen molar-refractivity contribution < 1.29 is 19.1 Å². The molecule has 3 rings (SSSR count). The maximum absolute atomic E-state index is 12.3. The molecule has 25 heavy (non-hydrogen) atoms. The van der Waals surface area contributed by atoms with E-state index in [9.17, 15) is 9.59 Å². The number of hydrogen-bond acceptors (Lipinski definition) is 3. The monoisotopic (exact) mass is 355 g/mol. The highest BCUT2D eigenvalue weighted by Crippen LogP contribution is 2.27. The highest BCUT2D eigenvalue weighted by Gasteiger charge is 2.14. The van der Waals surface area contributed by atoms with Crippen molar-refractivity contribution >= 4 is 29.2 Å². The zero-order valence-corrected chi connectivity index (χ0v) is 14.0. The molecule has 1 aromatic heterocycles. The number of benzene rings is 2. The van der Waals surface area contributed by atoms with Crippen LogP contribution in [0.25, 0.3) is 11.3 Å². The van der Waals surface area contributed by atoms with E-state index in [1.165, 1.54) is 12.1 Å². The lowest BCUT2D eigenvalue weighted by Crippen LogP contribution is -2.11. The van der Waals surface area contributed by atoms with E-state index in [0.29, 0.717) is 16.5 Å². The Kier molecular flexibility index (Phi) is 4.59. The molecule has 0 bridgehead atoms. The number of carbonyl (C=O) groups is 2. The fourth-order valence-electron chi connectivity index (χ4n) is 2.28. The number of hydrogen-bond donors (Lipinski definition) is 2. The number of furan rings is 1. The van der Waals surface area contributed by atoms with Crippen LogP contribution in [0.4, 0.5) is 5.69 Å². The maximum Gasteiger partial charge on any atom is 0.335 e. The average Bonchev–Trinajstić information content (AvgIpc) is 3.08. The molecule has 0 aliphatic heterocycles. The third-order valence-corrected chi connectivity index (χ3v) is 4.06. The molecule has 5 nitrogen and oxygen atoms in total. The molecule has 2 aromatic carbocycles. The van der Waals surface area contributed by atoms with E-state index >= 15 is 0 Å². The quantitative estimate of drug-likeness (QED) is 0.700. The number of carbonyl (C=O) groups excluding carboxylic acids is 1. The summed E-state index contributed by atoms with van der Waals surface area (Å²) >= 11 is 6.11. The van der Waals surface area contributed by atoms with E-state index in [2.05, 4.69) is 5.32 Å². The first-order valence-electron chi connectivity index (χ1n) is 7.45. The summed E-state index contributed by atoms with van der Waals surface area (Å²) in [6.45, 7) is 1.90. The van der Waals surface area contributed by atoms with Gasteiger partial charge >= 0.3 is 5.97 Å². The van der Waals surface area contributed by atoms with E-state index in [1.54, 1.807) is 30.3 Å². The predicted octanol–water partition coefficient (Wildman–Crippen LogP) is 4.86. The van der Waals surface area contributed by atoms with Crippen molar-refractivity contribution in [1.82, 2.24) is 0 Å². The lowest BCUT2D eigenvalue weighted by Gasteiger charge is -2.04.